The van der Waals surface area contributed by atoms with Gasteiger partial charge >= 0.3 is 5.97 Å². The molecule has 0 rings (SSSR count). The van der Waals surface area contributed by atoms with Gasteiger partial charge in [-0.2, -0.15) is 0 Å². The second kappa shape index (κ2) is 14.9. The molecule has 22 heavy (non-hydrogen) atoms. The zero-order chi connectivity index (χ0) is 16.6. The molecule has 5 heteroatoms. The molecule has 0 aliphatic carbocycles. The van der Waals surface area contributed by atoms with Crippen molar-refractivity contribution in [2.75, 3.05) is 33.3 Å². The van der Waals surface area contributed by atoms with E-state index in [1.165, 1.54) is 0 Å². The lowest BCUT2D eigenvalue weighted by Crippen LogP contribution is -2.26. The van der Waals surface area contributed by atoms with Crippen LogP contribution < -0.4 is 0 Å². The minimum absolute atomic E-state index is 0.283. The predicted molar refractivity (Wildman–Crippen MR) is 88.3 cm³/mol. The molecule has 0 fully saturated rings. The van der Waals surface area contributed by atoms with Crippen molar-refractivity contribution in [1.82, 2.24) is 4.90 Å². The highest BCUT2D eigenvalue weighted by molar-refractivity contribution is 5.87. The van der Waals surface area contributed by atoms with Crippen LogP contribution in [0.1, 0.15) is 59.8 Å². The van der Waals surface area contributed by atoms with Crippen LogP contribution in [0.2, 0.25) is 0 Å². The molecule has 5 nitrogen and oxygen atoms in total. The van der Waals surface area contributed by atoms with Crippen LogP contribution in [0, 0.1) is 0 Å². The van der Waals surface area contributed by atoms with Gasteiger partial charge in [0.25, 0.3) is 0 Å². The van der Waals surface area contributed by atoms with Crippen molar-refractivity contribution in [2.24, 2.45) is 0 Å². The Morgan fingerprint density at radius 2 is 1.45 bits per heavy atom. The molecular formula is C17H33NO4. The summed E-state index contributed by atoms with van der Waals surface area (Å²) in [6.45, 7) is 10.7. The van der Waals surface area contributed by atoms with Crippen molar-refractivity contribution < 1.29 is 19.0 Å². The fraction of sp³-hybridized carbons (Fsp3) is 0.824. The average molecular weight is 315 g/mol. The molecule has 0 spiro atoms. The summed E-state index contributed by atoms with van der Waals surface area (Å²) < 4.78 is 16.3. The van der Waals surface area contributed by atoms with E-state index in [1.54, 1.807) is 13.1 Å². The van der Waals surface area contributed by atoms with E-state index in [9.17, 15) is 4.79 Å². The monoisotopic (exact) mass is 315 g/mol. The topological polar surface area (TPSA) is 48.0 Å². The molecule has 0 saturated heterocycles. The van der Waals surface area contributed by atoms with Gasteiger partial charge in [-0.1, -0.05) is 33.6 Å². The van der Waals surface area contributed by atoms with Crippen LogP contribution in [-0.2, 0) is 19.0 Å². The number of rotatable bonds is 14. The van der Waals surface area contributed by atoms with Gasteiger partial charge in [0, 0.05) is 19.4 Å². The number of carbonyl (C=O) groups excluding carboxylic acids is 1. The Morgan fingerprint density at radius 1 is 0.909 bits per heavy atom. The summed E-state index contributed by atoms with van der Waals surface area (Å²) in [4.78, 5) is 13.7. The van der Waals surface area contributed by atoms with Gasteiger partial charge in [-0.05, 0) is 26.2 Å². The molecule has 0 saturated carbocycles. The maximum absolute atomic E-state index is 11.8. The molecule has 0 aromatic heterocycles. The second-order valence-corrected chi connectivity index (χ2v) is 5.32. The van der Waals surface area contributed by atoms with E-state index in [4.69, 9.17) is 14.2 Å². The van der Waals surface area contributed by atoms with Gasteiger partial charge in [-0.15, -0.1) is 0 Å². The highest BCUT2D eigenvalue weighted by Gasteiger charge is 2.08. The summed E-state index contributed by atoms with van der Waals surface area (Å²) in [6, 6.07) is 0. The molecule has 0 aliphatic rings. The van der Waals surface area contributed by atoms with Crippen LogP contribution in [0.25, 0.3) is 0 Å². The number of ether oxygens (including phenoxy) is 3. The van der Waals surface area contributed by atoms with Gasteiger partial charge in [-0.3, -0.25) is 0 Å². The normalized spacial score (nSPS) is 11.5. The van der Waals surface area contributed by atoms with E-state index < -0.39 is 0 Å². The fourth-order valence-electron chi connectivity index (χ4n) is 1.60. The number of unbranched alkanes of at least 4 members (excludes halogenated alkanes) is 2. The Morgan fingerprint density at radius 3 is 1.91 bits per heavy atom. The third-order valence-corrected chi connectivity index (χ3v) is 2.93. The number of esters is 1. The molecule has 130 valence electrons. The predicted octanol–water partition coefficient (Wildman–Crippen LogP) is 3.69. The minimum Gasteiger partial charge on any atom is -0.462 e. The Bertz CT molecular complexity index is 293. The van der Waals surface area contributed by atoms with Crippen LogP contribution >= 0.6 is 0 Å². The second-order valence-electron chi connectivity index (χ2n) is 5.32. The number of nitrogens with zero attached hydrogens (tertiary/aromatic N) is 1. The van der Waals surface area contributed by atoms with E-state index in [-0.39, 0.29) is 5.97 Å². The third kappa shape index (κ3) is 11.6. The molecule has 0 unspecified atom stereocenters. The summed E-state index contributed by atoms with van der Waals surface area (Å²) in [6.07, 6.45) is 6.85. The summed E-state index contributed by atoms with van der Waals surface area (Å²) >= 11 is 0. The molecule has 0 heterocycles. The van der Waals surface area contributed by atoms with Crippen molar-refractivity contribution in [3.05, 3.63) is 11.8 Å². The smallest absolute Gasteiger partial charge is 0.335 e. The molecule has 0 amide bonds. The first-order valence-electron chi connectivity index (χ1n) is 8.40. The van der Waals surface area contributed by atoms with Gasteiger partial charge in [-0.25, -0.2) is 4.79 Å². The SMILES string of the molecule is CCCCOCN(C=C(C)C(=O)OCCC)COCCCC. The summed E-state index contributed by atoms with van der Waals surface area (Å²) in [5.74, 6) is -0.283. The molecule has 0 bridgehead atoms. The Labute approximate surface area is 135 Å². The Hall–Kier alpha value is -1.07. The number of carbonyl (C=O) groups is 1. The van der Waals surface area contributed by atoms with Crippen LogP contribution in [-0.4, -0.2) is 44.2 Å². The quantitative estimate of drug-likeness (QED) is 0.212. The van der Waals surface area contributed by atoms with Crippen molar-refractivity contribution in [1.29, 1.82) is 0 Å². The van der Waals surface area contributed by atoms with E-state index in [0.717, 1.165) is 45.3 Å². The van der Waals surface area contributed by atoms with Gasteiger partial charge in [0.1, 0.15) is 13.5 Å². The molecule has 0 atom stereocenters. The fourth-order valence-corrected chi connectivity index (χ4v) is 1.60. The first-order chi connectivity index (χ1) is 10.7. The van der Waals surface area contributed by atoms with E-state index in [2.05, 4.69) is 13.8 Å². The maximum Gasteiger partial charge on any atom is 0.335 e. The molecular weight excluding hydrogens is 282 g/mol. The lowest BCUT2D eigenvalue weighted by Gasteiger charge is -2.21. The average Bonchev–Trinajstić information content (AvgIpc) is 2.52. The van der Waals surface area contributed by atoms with E-state index in [1.807, 2.05) is 11.8 Å². The first kappa shape index (κ1) is 20.9. The number of hydrogen-bond donors (Lipinski definition) is 0. The third-order valence-electron chi connectivity index (χ3n) is 2.93. The minimum atomic E-state index is -0.283. The lowest BCUT2D eigenvalue weighted by molar-refractivity contribution is -0.139. The van der Waals surface area contributed by atoms with Crippen LogP contribution in [0.4, 0.5) is 0 Å². The highest BCUT2D eigenvalue weighted by Crippen LogP contribution is 2.03. The first-order valence-corrected chi connectivity index (χ1v) is 8.40. The van der Waals surface area contributed by atoms with E-state index >= 15 is 0 Å². The Kier molecular flexibility index (Phi) is 14.1. The van der Waals surface area contributed by atoms with Crippen LogP contribution in [0.3, 0.4) is 0 Å². The van der Waals surface area contributed by atoms with Crippen LogP contribution in [0.15, 0.2) is 11.8 Å². The van der Waals surface area contributed by atoms with Gasteiger partial charge in [0.05, 0.1) is 12.2 Å². The summed E-state index contributed by atoms with van der Waals surface area (Å²) in [5.41, 5.74) is 0.562. The van der Waals surface area contributed by atoms with Crippen molar-refractivity contribution in [2.45, 2.75) is 59.8 Å². The number of hydrogen-bond acceptors (Lipinski definition) is 5. The summed E-state index contributed by atoms with van der Waals surface area (Å²) in [5, 5.41) is 0. The molecule has 0 aromatic carbocycles. The molecule has 0 aromatic rings. The van der Waals surface area contributed by atoms with Crippen molar-refractivity contribution >= 4 is 5.97 Å². The van der Waals surface area contributed by atoms with E-state index in [0.29, 0.717) is 25.6 Å². The largest absolute Gasteiger partial charge is 0.462 e. The zero-order valence-corrected chi connectivity index (χ0v) is 14.7. The standard InChI is InChI=1S/C17H33NO4/c1-5-8-11-20-14-18(15-21-12-9-6-2)13-16(4)17(19)22-10-7-3/h13H,5-12,14-15H2,1-4H3. The van der Waals surface area contributed by atoms with Crippen LogP contribution in [0.5, 0.6) is 0 Å². The Balaban J connectivity index is 4.36. The van der Waals surface area contributed by atoms with Gasteiger partial charge < -0.3 is 19.1 Å². The van der Waals surface area contributed by atoms with Gasteiger partial charge in [0.15, 0.2) is 0 Å². The summed E-state index contributed by atoms with van der Waals surface area (Å²) in [7, 11) is 0. The van der Waals surface area contributed by atoms with Gasteiger partial charge in [0.2, 0.25) is 0 Å². The molecule has 0 N–H and O–H groups in total. The van der Waals surface area contributed by atoms with Crippen molar-refractivity contribution in [3.8, 4) is 0 Å². The molecule has 0 radical (unpaired) electrons. The molecule has 0 aliphatic heterocycles. The van der Waals surface area contributed by atoms with Crippen molar-refractivity contribution in [3.63, 3.8) is 0 Å². The maximum atomic E-state index is 11.8. The zero-order valence-electron chi connectivity index (χ0n) is 14.7. The lowest BCUT2D eigenvalue weighted by atomic mass is 10.3. The highest BCUT2D eigenvalue weighted by atomic mass is 16.5.